The molecule has 0 aliphatic carbocycles. The SMILES string of the molecule is CC(C)(C)c1cc(N2c3cc(-n4c5ccccc5c5ccccc54)ccc3B3c4ccc(-n5c6ccccc6c6ccccc65)cc4N(c4cc(C(C)(C)C)cc(C(C)(C)C)c4)c4cc(-n5c6ccc(C(C)(C)C)cc6c6cc(C(C)(C)C)ccc65)cc2c43)cc(C(C)(C)C)c1. The van der Waals surface area contributed by atoms with Gasteiger partial charge in [0, 0.05) is 77.8 Å². The van der Waals surface area contributed by atoms with Crippen LogP contribution in [0, 0.1) is 0 Å². The van der Waals surface area contributed by atoms with E-state index in [0.717, 1.165) is 28.4 Å². The Morgan fingerprint density at radius 1 is 0.219 bits per heavy atom. The Hall–Kier alpha value is -9.52. The molecule has 0 saturated heterocycles. The molecule has 0 saturated carbocycles. The fourth-order valence-electron chi connectivity index (χ4n) is 15.8. The van der Waals surface area contributed by atoms with Crippen molar-refractivity contribution in [3.8, 4) is 17.1 Å². The number of para-hydroxylation sites is 4. The first-order chi connectivity index (χ1) is 45.4. The van der Waals surface area contributed by atoms with Crippen LogP contribution in [0.2, 0.25) is 0 Å². The summed E-state index contributed by atoms with van der Waals surface area (Å²) < 4.78 is 7.62. The van der Waals surface area contributed by atoms with Gasteiger partial charge in [-0.3, -0.25) is 0 Å². The molecular weight excluding hydrogens is 1160 g/mol. The van der Waals surface area contributed by atoms with Crippen molar-refractivity contribution in [1.82, 2.24) is 13.7 Å². The topological polar surface area (TPSA) is 21.3 Å². The van der Waals surface area contributed by atoms with Crippen LogP contribution in [0.1, 0.15) is 158 Å². The van der Waals surface area contributed by atoms with E-state index in [4.69, 9.17) is 0 Å². The Kier molecular flexibility index (Phi) is 13.4. The molecule has 0 unspecified atom stereocenters. The Morgan fingerprint density at radius 3 is 0.812 bits per heavy atom. The Balaban J connectivity index is 1.10. The first-order valence-electron chi connectivity index (χ1n) is 34.9. The number of benzene rings is 11. The van der Waals surface area contributed by atoms with Gasteiger partial charge in [-0.25, -0.2) is 0 Å². The number of anilines is 6. The fourth-order valence-corrected chi connectivity index (χ4v) is 15.8. The smallest absolute Gasteiger partial charge is 0.252 e. The summed E-state index contributed by atoms with van der Waals surface area (Å²) >= 11 is 0. The fraction of sp³-hybridized carbons (Fsp3) is 0.267. The summed E-state index contributed by atoms with van der Waals surface area (Å²) in [5, 5.41) is 7.52. The monoisotopic (exact) mass is 1250 g/mol. The summed E-state index contributed by atoms with van der Waals surface area (Å²) in [6.45, 7) is 42.4. The van der Waals surface area contributed by atoms with Crippen molar-refractivity contribution in [1.29, 1.82) is 0 Å². The van der Waals surface area contributed by atoms with Crippen LogP contribution in [0.25, 0.3) is 82.5 Å². The zero-order valence-corrected chi connectivity index (χ0v) is 59.6. The molecule has 5 nitrogen and oxygen atoms in total. The molecule has 5 heterocycles. The highest BCUT2D eigenvalue weighted by molar-refractivity contribution is 7.00. The minimum atomic E-state index is -0.177. The van der Waals surface area contributed by atoms with Crippen LogP contribution in [0.15, 0.2) is 218 Å². The van der Waals surface area contributed by atoms with E-state index >= 15 is 0 Å². The maximum atomic E-state index is 2.70. The van der Waals surface area contributed by atoms with Gasteiger partial charge in [0.2, 0.25) is 0 Å². The van der Waals surface area contributed by atoms with Crippen LogP contribution in [-0.2, 0) is 32.5 Å². The van der Waals surface area contributed by atoms with Crippen molar-refractivity contribution in [2.75, 3.05) is 9.80 Å². The molecule has 2 aliphatic heterocycles. The second-order valence-corrected chi connectivity index (χ2v) is 34.1. The molecule has 0 atom stereocenters. The lowest BCUT2D eigenvalue weighted by molar-refractivity contribution is 0.568. The summed E-state index contributed by atoms with van der Waals surface area (Å²) in [6.07, 6.45) is 0. The minimum absolute atomic E-state index is 0.0613. The second kappa shape index (κ2) is 21.0. The average molecular weight is 1250 g/mol. The van der Waals surface area contributed by atoms with Gasteiger partial charge >= 0.3 is 0 Å². The van der Waals surface area contributed by atoms with Crippen LogP contribution < -0.4 is 26.2 Å². The third-order valence-corrected chi connectivity index (χ3v) is 21.3. The normalized spacial score (nSPS) is 13.9. The molecule has 14 aromatic rings. The van der Waals surface area contributed by atoms with Gasteiger partial charge in [-0.05, 0) is 191 Å². The zero-order valence-electron chi connectivity index (χ0n) is 59.6. The predicted molar refractivity (Wildman–Crippen MR) is 416 cm³/mol. The van der Waals surface area contributed by atoms with E-state index in [0.29, 0.717) is 0 Å². The highest BCUT2D eigenvalue weighted by Gasteiger charge is 2.45. The van der Waals surface area contributed by atoms with Gasteiger partial charge in [-0.15, -0.1) is 0 Å². The Morgan fingerprint density at radius 2 is 0.500 bits per heavy atom. The van der Waals surface area contributed by atoms with Crippen LogP contribution in [0.3, 0.4) is 0 Å². The third kappa shape index (κ3) is 9.69. The van der Waals surface area contributed by atoms with E-state index in [9.17, 15) is 0 Å². The predicted octanol–water partition coefficient (Wildman–Crippen LogP) is 22.8. The van der Waals surface area contributed by atoms with Gasteiger partial charge in [0.05, 0.1) is 38.8 Å². The Labute approximate surface area is 568 Å². The molecular formula is C90H90BN5. The van der Waals surface area contributed by atoms with E-state index < -0.39 is 0 Å². The zero-order chi connectivity index (χ0) is 67.2. The number of nitrogens with zero attached hydrogens (tertiary/aromatic N) is 5. The second-order valence-electron chi connectivity index (χ2n) is 34.1. The summed E-state index contributed by atoms with van der Waals surface area (Å²) in [5.74, 6) is 0. The van der Waals surface area contributed by atoms with Crippen LogP contribution in [-0.4, -0.2) is 20.4 Å². The van der Waals surface area contributed by atoms with Crippen molar-refractivity contribution in [3.05, 3.63) is 252 Å². The number of hydrogen-bond donors (Lipinski definition) is 0. The van der Waals surface area contributed by atoms with Crippen molar-refractivity contribution in [2.24, 2.45) is 0 Å². The van der Waals surface area contributed by atoms with Crippen molar-refractivity contribution < 1.29 is 0 Å². The minimum Gasteiger partial charge on any atom is -0.311 e. The standard InChI is InChI=1S/C90H90BN5/c1-85(2,3)55-35-41-78-70(49-55)71-50-56(86(4,5)6)36-42-79(71)94(78)65-53-82-84-83(54-65)96(64-47-59(89(13,14)15)44-60(48-64)90(16,17)18)81-52-62(93-76-33-25-21-29-68(76)69-30-22-26-34-77(69)93)38-40-73(81)91(84)72-39-37-61(92-74-31-23-19-27-66(74)67-28-20-24-32-75(67)92)51-80(72)95(82)63-45-57(87(7,8)9)43-58(46-63)88(10,11)12/h19-54H,1-18H3. The van der Waals surface area contributed by atoms with E-state index in [1.54, 1.807) is 0 Å². The number of rotatable bonds is 5. The van der Waals surface area contributed by atoms with E-state index in [2.05, 4.69) is 367 Å². The van der Waals surface area contributed by atoms with Crippen molar-refractivity contribution in [2.45, 2.75) is 157 Å². The third-order valence-electron chi connectivity index (χ3n) is 21.3. The summed E-state index contributed by atoms with van der Waals surface area (Å²) in [4.78, 5) is 5.39. The molecule has 11 aromatic carbocycles. The van der Waals surface area contributed by atoms with Gasteiger partial charge in [-0.1, -0.05) is 234 Å². The number of aromatic nitrogens is 3. The van der Waals surface area contributed by atoms with Crippen LogP contribution in [0.4, 0.5) is 34.1 Å². The van der Waals surface area contributed by atoms with E-state index in [1.165, 1.54) is 138 Å². The maximum absolute atomic E-state index is 2.70. The van der Waals surface area contributed by atoms with Gasteiger partial charge < -0.3 is 23.5 Å². The van der Waals surface area contributed by atoms with Gasteiger partial charge in [0.15, 0.2) is 0 Å². The molecule has 0 radical (unpaired) electrons. The highest BCUT2D eigenvalue weighted by Crippen LogP contribution is 2.51. The van der Waals surface area contributed by atoms with E-state index in [1.807, 2.05) is 0 Å². The molecule has 0 amide bonds. The van der Waals surface area contributed by atoms with Gasteiger partial charge in [-0.2, -0.15) is 0 Å². The Bertz CT molecular complexity index is 5050. The van der Waals surface area contributed by atoms with E-state index in [-0.39, 0.29) is 39.2 Å². The maximum Gasteiger partial charge on any atom is 0.252 e. The summed E-state index contributed by atoms with van der Waals surface area (Å²) in [6, 6.07) is 85.5. The molecule has 0 spiro atoms. The summed E-state index contributed by atoms with van der Waals surface area (Å²) in [7, 11) is 0. The number of hydrogen-bond acceptors (Lipinski definition) is 2. The average Bonchev–Trinajstić information content (AvgIpc) is 1.69. The molecule has 6 heteroatoms. The first kappa shape index (κ1) is 61.4. The van der Waals surface area contributed by atoms with Crippen LogP contribution in [0.5, 0.6) is 0 Å². The lowest BCUT2D eigenvalue weighted by atomic mass is 9.33. The molecule has 3 aromatic heterocycles. The molecule has 2 aliphatic rings. The lowest BCUT2D eigenvalue weighted by Crippen LogP contribution is -2.61. The summed E-state index contributed by atoms with van der Waals surface area (Å²) in [5.41, 5.74) is 28.4. The van der Waals surface area contributed by atoms with Gasteiger partial charge in [0.1, 0.15) is 0 Å². The molecule has 96 heavy (non-hydrogen) atoms. The molecule has 16 rings (SSSR count). The molecule has 0 fully saturated rings. The molecule has 478 valence electrons. The van der Waals surface area contributed by atoms with Crippen molar-refractivity contribution >= 4 is 123 Å². The molecule has 0 bridgehead atoms. The lowest BCUT2D eigenvalue weighted by Gasteiger charge is -2.45. The van der Waals surface area contributed by atoms with Gasteiger partial charge in [0.25, 0.3) is 6.71 Å². The largest absolute Gasteiger partial charge is 0.311 e. The van der Waals surface area contributed by atoms with Crippen molar-refractivity contribution in [3.63, 3.8) is 0 Å². The quantitative estimate of drug-likeness (QED) is 0.160. The van der Waals surface area contributed by atoms with Crippen LogP contribution >= 0.6 is 0 Å². The first-order valence-corrected chi connectivity index (χ1v) is 34.9. The number of fused-ring (bicyclic) bond motifs is 13. The molecule has 0 N–H and O–H groups in total. The highest BCUT2D eigenvalue weighted by atomic mass is 15.2.